The summed E-state index contributed by atoms with van der Waals surface area (Å²) < 4.78 is 0. The lowest BCUT2D eigenvalue weighted by Gasteiger charge is -2.18. The average Bonchev–Trinajstić information content (AvgIpc) is 2.51. The summed E-state index contributed by atoms with van der Waals surface area (Å²) in [4.78, 5) is 13.2. The van der Waals surface area contributed by atoms with Crippen molar-refractivity contribution in [2.45, 2.75) is 13.3 Å². The molecule has 0 amide bonds. The predicted molar refractivity (Wildman–Crippen MR) is 58.0 cm³/mol. The molecule has 1 saturated heterocycles. The molecule has 0 saturated carbocycles. The number of ketones is 1. The number of anilines is 1. The van der Waals surface area contributed by atoms with Crippen LogP contribution in [-0.2, 0) is 4.79 Å². The molecule has 0 unspecified atom stereocenters. The molecule has 1 aromatic carbocycles. The second kappa shape index (κ2) is 3.62. The van der Waals surface area contributed by atoms with Gasteiger partial charge in [0.2, 0.25) is 0 Å². The van der Waals surface area contributed by atoms with Gasteiger partial charge in [0, 0.05) is 13.0 Å². The molecule has 0 aromatic heterocycles. The number of rotatable bonds is 1. The van der Waals surface area contributed by atoms with Crippen molar-refractivity contribution >= 4 is 23.1 Å². The molecule has 0 radical (unpaired) electrons. The summed E-state index contributed by atoms with van der Waals surface area (Å²) >= 11 is 6.10. The van der Waals surface area contributed by atoms with Crippen molar-refractivity contribution in [2.75, 3.05) is 18.0 Å². The second-order valence-electron chi connectivity index (χ2n) is 3.67. The number of hydrogen-bond acceptors (Lipinski definition) is 2. The molecule has 1 aliphatic heterocycles. The molecule has 1 heterocycles. The first-order valence-corrected chi connectivity index (χ1v) is 5.07. The Labute approximate surface area is 88.5 Å². The Balaban J connectivity index is 2.28. The lowest BCUT2D eigenvalue weighted by Crippen LogP contribution is -2.19. The van der Waals surface area contributed by atoms with Crippen molar-refractivity contribution in [1.82, 2.24) is 0 Å². The van der Waals surface area contributed by atoms with Gasteiger partial charge in [-0.15, -0.1) is 0 Å². The van der Waals surface area contributed by atoms with Crippen LogP contribution in [0.15, 0.2) is 18.2 Å². The van der Waals surface area contributed by atoms with E-state index in [1.165, 1.54) is 0 Å². The number of carbonyl (C=O) groups excluding carboxylic acids is 1. The van der Waals surface area contributed by atoms with Gasteiger partial charge in [0.25, 0.3) is 0 Å². The first kappa shape index (κ1) is 9.53. The highest BCUT2D eigenvalue weighted by Crippen LogP contribution is 2.28. The van der Waals surface area contributed by atoms with E-state index in [0.29, 0.717) is 18.7 Å². The van der Waals surface area contributed by atoms with E-state index in [1.807, 2.05) is 30.0 Å². The molecule has 0 bridgehead atoms. The lowest BCUT2D eigenvalue weighted by molar-refractivity contribution is -0.116. The van der Waals surface area contributed by atoms with Gasteiger partial charge in [-0.25, -0.2) is 0 Å². The Bertz CT molecular complexity index is 376. The van der Waals surface area contributed by atoms with E-state index in [0.717, 1.165) is 22.8 Å². The van der Waals surface area contributed by atoms with Gasteiger partial charge in [-0.05, 0) is 24.6 Å². The van der Waals surface area contributed by atoms with Crippen LogP contribution in [-0.4, -0.2) is 18.9 Å². The number of hydrogen-bond donors (Lipinski definition) is 0. The zero-order valence-corrected chi connectivity index (χ0v) is 8.84. The maximum atomic E-state index is 11.1. The Hall–Kier alpha value is -1.02. The van der Waals surface area contributed by atoms with Crippen LogP contribution in [0.5, 0.6) is 0 Å². The van der Waals surface area contributed by atoms with Crippen molar-refractivity contribution in [3.63, 3.8) is 0 Å². The van der Waals surface area contributed by atoms with E-state index in [9.17, 15) is 4.79 Å². The molecular weight excluding hydrogens is 198 g/mol. The molecule has 1 aromatic rings. The molecule has 0 N–H and O–H groups in total. The second-order valence-corrected chi connectivity index (χ2v) is 4.07. The van der Waals surface area contributed by atoms with Crippen LogP contribution < -0.4 is 4.90 Å². The van der Waals surface area contributed by atoms with E-state index < -0.39 is 0 Å². The van der Waals surface area contributed by atoms with Crippen LogP contribution in [0.3, 0.4) is 0 Å². The van der Waals surface area contributed by atoms with E-state index in [1.54, 1.807) is 0 Å². The summed E-state index contributed by atoms with van der Waals surface area (Å²) in [6, 6.07) is 5.93. The van der Waals surface area contributed by atoms with E-state index in [-0.39, 0.29) is 0 Å². The summed E-state index contributed by atoms with van der Waals surface area (Å²) in [7, 11) is 0. The number of nitrogens with zero attached hydrogens (tertiary/aromatic N) is 1. The number of Topliss-reactive ketones (excluding diaryl/α,β-unsaturated/α-hetero) is 1. The summed E-state index contributed by atoms with van der Waals surface area (Å²) in [5.41, 5.74) is 2.12. The van der Waals surface area contributed by atoms with Gasteiger partial charge in [0.15, 0.2) is 5.78 Å². The van der Waals surface area contributed by atoms with Crippen molar-refractivity contribution in [1.29, 1.82) is 0 Å². The molecule has 2 nitrogen and oxygen atoms in total. The Morgan fingerprint density at radius 2 is 2.21 bits per heavy atom. The summed E-state index contributed by atoms with van der Waals surface area (Å²) in [6.07, 6.45) is 0.643. The molecule has 14 heavy (non-hydrogen) atoms. The maximum absolute atomic E-state index is 11.1. The molecule has 1 aliphatic rings. The maximum Gasteiger partial charge on any atom is 0.153 e. The van der Waals surface area contributed by atoms with Crippen LogP contribution in [0.2, 0.25) is 5.02 Å². The molecule has 2 rings (SSSR count). The minimum absolute atomic E-state index is 0.293. The Morgan fingerprint density at radius 3 is 2.79 bits per heavy atom. The largest absolute Gasteiger partial charge is 0.363 e. The van der Waals surface area contributed by atoms with Gasteiger partial charge >= 0.3 is 0 Å². The fourth-order valence-corrected chi connectivity index (χ4v) is 2.06. The molecular formula is C11H12ClNO. The summed E-state index contributed by atoms with van der Waals surface area (Å²) in [5, 5.41) is 0.736. The average molecular weight is 210 g/mol. The number of carbonyl (C=O) groups is 1. The molecule has 1 fully saturated rings. The van der Waals surface area contributed by atoms with Crippen LogP contribution in [0, 0.1) is 6.92 Å². The third-order valence-corrected chi connectivity index (χ3v) is 2.77. The van der Waals surface area contributed by atoms with Crippen LogP contribution in [0.4, 0.5) is 5.69 Å². The summed E-state index contributed by atoms with van der Waals surface area (Å²) in [5.74, 6) is 0.293. The van der Waals surface area contributed by atoms with Crippen LogP contribution in [0.25, 0.3) is 0 Å². The minimum Gasteiger partial charge on any atom is -0.363 e. The highest BCUT2D eigenvalue weighted by atomic mass is 35.5. The SMILES string of the molecule is Cc1ccc(N2CCC(=O)C2)c(Cl)c1. The zero-order valence-electron chi connectivity index (χ0n) is 8.09. The molecule has 3 heteroatoms. The number of benzene rings is 1. The van der Waals surface area contributed by atoms with E-state index in [4.69, 9.17) is 11.6 Å². The Kier molecular flexibility index (Phi) is 2.46. The fourth-order valence-electron chi connectivity index (χ4n) is 1.70. The smallest absolute Gasteiger partial charge is 0.153 e. The van der Waals surface area contributed by atoms with Crippen molar-refractivity contribution in [2.24, 2.45) is 0 Å². The van der Waals surface area contributed by atoms with Gasteiger partial charge < -0.3 is 4.90 Å². The Morgan fingerprint density at radius 1 is 1.43 bits per heavy atom. The fraction of sp³-hybridized carbons (Fsp3) is 0.364. The molecule has 0 atom stereocenters. The van der Waals surface area contributed by atoms with Gasteiger partial charge in [-0.3, -0.25) is 4.79 Å². The first-order chi connectivity index (χ1) is 6.66. The quantitative estimate of drug-likeness (QED) is 0.708. The molecule has 0 aliphatic carbocycles. The van der Waals surface area contributed by atoms with Crippen molar-refractivity contribution in [3.05, 3.63) is 28.8 Å². The highest BCUT2D eigenvalue weighted by Gasteiger charge is 2.20. The van der Waals surface area contributed by atoms with Crippen molar-refractivity contribution in [3.8, 4) is 0 Å². The highest BCUT2D eigenvalue weighted by molar-refractivity contribution is 6.33. The normalized spacial score (nSPS) is 16.4. The van der Waals surface area contributed by atoms with Gasteiger partial charge in [0.1, 0.15) is 0 Å². The molecule has 74 valence electrons. The predicted octanol–water partition coefficient (Wildman–Crippen LogP) is 2.43. The topological polar surface area (TPSA) is 20.3 Å². The first-order valence-electron chi connectivity index (χ1n) is 4.69. The van der Waals surface area contributed by atoms with E-state index in [2.05, 4.69) is 0 Å². The van der Waals surface area contributed by atoms with Crippen LogP contribution >= 0.6 is 11.6 Å². The minimum atomic E-state index is 0.293. The third-order valence-electron chi connectivity index (χ3n) is 2.47. The number of aryl methyl sites for hydroxylation is 1. The standard InChI is InChI=1S/C11H12ClNO/c1-8-2-3-11(10(12)6-8)13-5-4-9(14)7-13/h2-3,6H,4-5,7H2,1H3. The number of halogens is 1. The molecule has 0 spiro atoms. The lowest BCUT2D eigenvalue weighted by atomic mass is 10.2. The summed E-state index contributed by atoms with van der Waals surface area (Å²) in [6.45, 7) is 3.30. The van der Waals surface area contributed by atoms with Gasteiger partial charge in [-0.1, -0.05) is 17.7 Å². The monoisotopic (exact) mass is 209 g/mol. The van der Waals surface area contributed by atoms with Crippen molar-refractivity contribution < 1.29 is 4.79 Å². The van der Waals surface area contributed by atoms with E-state index >= 15 is 0 Å². The third kappa shape index (κ3) is 1.75. The van der Waals surface area contributed by atoms with Crippen LogP contribution in [0.1, 0.15) is 12.0 Å². The zero-order chi connectivity index (χ0) is 10.1. The van der Waals surface area contributed by atoms with Gasteiger partial charge in [0.05, 0.1) is 17.3 Å². The van der Waals surface area contributed by atoms with Gasteiger partial charge in [-0.2, -0.15) is 0 Å².